The van der Waals surface area contributed by atoms with Crippen LogP contribution in [0.2, 0.25) is 0 Å². The van der Waals surface area contributed by atoms with Gasteiger partial charge >= 0.3 is 0 Å². The third-order valence-corrected chi connectivity index (χ3v) is 4.86. The standard InChI is InChI=1S/C21H21N3O2/c1-14-5-6-19(26-2)16(12-14)21(25)24-10-7-15(8-11-24)17-13-23-18-4-3-9-22-20(17)18/h3-7,9,12-13,23H,8,10-11H2,1-2H3. The number of nitrogens with one attached hydrogen (secondary N) is 1. The van der Waals surface area contributed by atoms with Crippen LogP contribution in [0.25, 0.3) is 16.6 Å². The Balaban J connectivity index is 1.58. The maximum Gasteiger partial charge on any atom is 0.257 e. The van der Waals surface area contributed by atoms with Crippen LogP contribution in [0, 0.1) is 6.92 Å². The number of carbonyl (C=O) groups is 1. The average molecular weight is 347 g/mol. The highest BCUT2D eigenvalue weighted by Gasteiger charge is 2.23. The fourth-order valence-corrected chi connectivity index (χ4v) is 3.46. The molecule has 0 spiro atoms. The third kappa shape index (κ3) is 2.86. The Morgan fingerprint density at radius 1 is 1.31 bits per heavy atom. The second-order valence-corrected chi connectivity index (χ2v) is 6.54. The molecule has 3 heterocycles. The van der Waals surface area contributed by atoms with E-state index >= 15 is 0 Å². The quantitative estimate of drug-likeness (QED) is 0.784. The van der Waals surface area contributed by atoms with Crippen molar-refractivity contribution in [3.05, 3.63) is 65.5 Å². The highest BCUT2D eigenvalue weighted by molar-refractivity contribution is 5.98. The maximum absolute atomic E-state index is 12.9. The topological polar surface area (TPSA) is 58.2 Å². The fourth-order valence-electron chi connectivity index (χ4n) is 3.46. The van der Waals surface area contributed by atoms with Crippen molar-refractivity contribution in [3.63, 3.8) is 0 Å². The van der Waals surface area contributed by atoms with Gasteiger partial charge in [-0.15, -0.1) is 0 Å². The summed E-state index contributed by atoms with van der Waals surface area (Å²) in [5.41, 5.74) is 6.05. The normalized spacial score (nSPS) is 14.4. The van der Waals surface area contributed by atoms with Gasteiger partial charge in [-0.1, -0.05) is 17.7 Å². The summed E-state index contributed by atoms with van der Waals surface area (Å²) in [4.78, 5) is 22.5. The van der Waals surface area contributed by atoms with Crippen molar-refractivity contribution in [2.75, 3.05) is 20.2 Å². The predicted molar refractivity (Wildman–Crippen MR) is 102 cm³/mol. The van der Waals surface area contributed by atoms with Crippen LogP contribution in [0.4, 0.5) is 0 Å². The van der Waals surface area contributed by atoms with Gasteiger partial charge in [0.05, 0.1) is 23.7 Å². The van der Waals surface area contributed by atoms with Crippen molar-refractivity contribution in [1.29, 1.82) is 0 Å². The lowest BCUT2D eigenvalue weighted by atomic mass is 10.00. The molecular formula is C21H21N3O2. The molecule has 0 saturated heterocycles. The average Bonchev–Trinajstić information content (AvgIpc) is 3.11. The van der Waals surface area contributed by atoms with E-state index in [0.29, 0.717) is 24.4 Å². The van der Waals surface area contributed by atoms with E-state index in [1.807, 2.05) is 54.5 Å². The molecule has 5 heteroatoms. The van der Waals surface area contributed by atoms with E-state index in [-0.39, 0.29) is 5.91 Å². The molecule has 2 aromatic heterocycles. The molecule has 0 fully saturated rings. The number of aromatic nitrogens is 2. The number of aromatic amines is 1. The van der Waals surface area contributed by atoms with Crippen LogP contribution >= 0.6 is 0 Å². The summed E-state index contributed by atoms with van der Waals surface area (Å²) in [6.07, 6.45) is 6.75. The van der Waals surface area contributed by atoms with Crippen LogP contribution in [0.5, 0.6) is 5.75 Å². The van der Waals surface area contributed by atoms with Gasteiger partial charge in [-0.05, 0) is 43.2 Å². The minimum atomic E-state index is 0.0119. The smallest absolute Gasteiger partial charge is 0.257 e. The molecule has 1 aromatic carbocycles. The Hall–Kier alpha value is -3.08. The summed E-state index contributed by atoms with van der Waals surface area (Å²) in [7, 11) is 1.60. The molecule has 0 aliphatic carbocycles. The number of ether oxygens (including phenoxy) is 1. The van der Waals surface area contributed by atoms with E-state index in [0.717, 1.165) is 28.6 Å². The third-order valence-electron chi connectivity index (χ3n) is 4.86. The Labute approximate surface area is 152 Å². The van der Waals surface area contributed by atoms with Crippen molar-refractivity contribution in [2.45, 2.75) is 13.3 Å². The summed E-state index contributed by atoms with van der Waals surface area (Å²) in [6.45, 7) is 3.25. The largest absolute Gasteiger partial charge is 0.496 e. The number of hydrogen-bond acceptors (Lipinski definition) is 3. The zero-order valence-corrected chi connectivity index (χ0v) is 15.0. The lowest BCUT2D eigenvalue weighted by molar-refractivity contribution is 0.0769. The molecule has 0 radical (unpaired) electrons. The van der Waals surface area contributed by atoms with Gasteiger partial charge in [-0.25, -0.2) is 0 Å². The van der Waals surface area contributed by atoms with E-state index < -0.39 is 0 Å². The molecule has 0 unspecified atom stereocenters. The van der Waals surface area contributed by atoms with Crippen LogP contribution in [0.3, 0.4) is 0 Å². The fraction of sp³-hybridized carbons (Fsp3) is 0.238. The number of rotatable bonds is 3. The Morgan fingerprint density at radius 3 is 2.96 bits per heavy atom. The van der Waals surface area contributed by atoms with E-state index in [1.54, 1.807) is 7.11 Å². The first kappa shape index (κ1) is 16.4. The van der Waals surface area contributed by atoms with E-state index in [1.165, 1.54) is 5.57 Å². The van der Waals surface area contributed by atoms with Gasteiger partial charge in [0.25, 0.3) is 5.91 Å². The molecule has 3 aromatic rings. The van der Waals surface area contributed by atoms with Gasteiger partial charge in [0.15, 0.2) is 0 Å². The monoisotopic (exact) mass is 347 g/mol. The van der Waals surface area contributed by atoms with E-state index in [4.69, 9.17) is 4.74 Å². The number of benzene rings is 1. The number of hydrogen-bond donors (Lipinski definition) is 1. The zero-order chi connectivity index (χ0) is 18.1. The molecular weight excluding hydrogens is 326 g/mol. The number of methoxy groups -OCH3 is 1. The number of nitrogens with zero attached hydrogens (tertiary/aromatic N) is 2. The van der Waals surface area contributed by atoms with Gasteiger partial charge in [0.2, 0.25) is 0 Å². The Bertz CT molecular complexity index is 1000. The molecule has 132 valence electrons. The number of carbonyl (C=O) groups excluding carboxylic acids is 1. The summed E-state index contributed by atoms with van der Waals surface area (Å²) in [6, 6.07) is 9.64. The molecule has 0 bridgehead atoms. The first-order chi connectivity index (χ1) is 12.7. The molecule has 1 aliphatic heterocycles. The van der Waals surface area contributed by atoms with Crippen molar-refractivity contribution >= 4 is 22.5 Å². The Kier molecular flexibility index (Phi) is 4.21. The second kappa shape index (κ2) is 6.67. The lowest BCUT2D eigenvalue weighted by Crippen LogP contribution is -2.34. The van der Waals surface area contributed by atoms with Crippen LogP contribution in [0.1, 0.15) is 27.9 Å². The molecule has 0 saturated carbocycles. The first-order valence-electron chi connectivity index (χ1n) is 8.73. The van der Waals surface area contributed by atoms with Crippen LogP contribution < -0.4 is 4.74 Å². The number of pyridine rings is 1. The highest BCUT2D eigenvalue weighted by Crippen LogP contribution is 2.29. The Morgan fingerprint density at radius 2 is 2.19 bits per heavy atom. The number of amides is 1. The summed E-state index contributed by atoms with van der Waals surface area (Å²) in [5, 5.41) is 0. The van der Waals surface area contributed by atoms with Crippen LogP contribution in [-0.2, 0) is 0 Å². The maximum atomic E-state index is 12.9. The van der Waals surface area contributed by atoms with E-state index in [9.17, 15) is 4.79 Å². The first-order valence-corrected chi connectivity index (χ1v) is 8.73. The minimum Gasteiger partial charge on any atom is -0.496 e. The molecule has 26 heavy (non-hydrogen) atoms. The van der Waals surface area contributed by atoms with Crippen molar-refractivity contribution < 1.29 is 9.53 Å². The second-order valence-electron chi connectivity index (χ2n) is 6.54. The van der Waals surface area contributed by atoms with Crippen molar-refractivity contribution in [3.8, 4) is 5.75 Å². The molecule has 1 amide bonds. The van der Waals surface area contributed by atoms with Crippen molar-refractivity contribution in [1.82, 2.24) is 14.9 Å². The van der Waals surface area contributed by atoms with Gasteiger partial charge in [-0.3, -0.25) is 9.78 Å². The highest BCUT2D eigenvalue weighted by atomic mass is 16.5. The number of aryl methyl sites for hydroxylation is 1. The molecule has 0 atom stereocenters. The summed E-state index contributed by atoms with van der Waals surface area (Å²) in [5.74, 6) is 0.633. The number of H-pyrrole nitrogens is 1. The number of fused-ring (bicyclic) bond motifs is 1. The molecule has 1 aliphatic rings. The summed E-state index contributed by atoms with van der Waals surface area (Å²) >= 11 is 0. The molecule has 5 nitrogen and oxygen atoms in total. The van der Waals surface area contributed by atoms with Gasteiger partial charge < -0.3 is 14.6 Å². The van der Waals surface area contributed by atoms with Gasteiger partial charge in [-0.2, -0.15) is 0 Å². The van der Waals surface area contributed by atoms with E-state index in [2.05, 4.69) is 16.0 Å². The van der Waals surface area contributed by atoms with Gasteiger partial charge in [0.1, 0.15) is 5.75 Å². The van der Waals surface area contributed by atoms with Gasteiger partial charge in [0, 0.05) is 31.0 Å². The molecule has 4 rings (SSSR count). The predicted octanol–water partition coefficient (Wildman–Crippen LogP) is 3.81. The zero-order valence-electron chi connectivity index (χ0n) is 15.0. The minimum absolute atomic E-state index is 0.0119. The van der Waals surface area contributed by atoms with Crippen LogP contribution in [0.15, 0.2) is 48.8 Å². The van der Waals surface area contributed by atoms with Crippen molar-refractivity contribution in [2.24, 2.45) is 0 Å². The SMILES string of the molecule is COc1ccc(C)cc1C(=O)N1CC=C(c2c[nH]c3cccnc23)CC1. The summed E-state index contributed by atoms with van der Waals surface area (Å²) < 4.78 is 5.37. The van der Waals surface area contributed by atoms with Crippen LogP contribution in [-0.4, -0.2) is 41.0 Å². The molecule has 1 N–H and O–H groups in total. The lowest BCUT2D eigenvalue weighted by Gasteiger charge is -2.27.